The van der Waals surface area contributed by atoms with E-state index in [2.05, 4.69) is 24.8 Å². The van der Waals surface area contributed by atoms with Gasteiger partial charge in [-0.2, -0.15) is 21.4 Å². The lowest BCUT2D eigenvalue weighted by Crippen LogP contribution is -1.84. The first-order valence-corrected chi connectivity index (χ1v) is 7.49. The molecular weight excluding hydrogens is 282 g/mol. The van der Waals surface area contributed by atoms with Crippen LogP contribution in [0.3, 0.4) is 0 Å². The quantitative estimate of drug-likeness (QED) is 0.751. The Hall–Kier alpha value is -1.00. The van der Waals surface area contributed by atoms with Crippen molar-refractivity contribution in [3.05, 3.63) is 71.8 Å². The average Bonchev–Trinajstić information content (AvgIpc) is 2.48. The molecule has 102 valence electrons. The van der Waals surface area contributed by atoms with Crippen molar-refractivity contribution in [2.24, 2.45) is 0 Å². The molecule has 2 aromatic rings. The molecule has 0 nitrogen and oxygen atoms in total. The molecule has 0 unspecified atom stereocenters. The van der Waals surface area contributed by atoms with Gasteiger partial charge in [0.1, 0.15) is 0 Å². The van der Waals surface area contributed by atoms with Crippen LogP contribution in [0.25, 0.3) is 0 Å². The number of thioether (sulfide) groups is 1. The van der Waals surface area contributed by atoms with Crippen molar-refractivity contribution in [3.8, 4) is 0 Å². The average molecular weight is 298 g/mol. The number of thiol groups is 1. The van der Waals surface area contributed by atoms with Crippen LogP contribution < -0.4 is 0 Å². The van der Waals surface area contributed by atoms with Crippen molar-refractivity contribution < 1.29 is 8.78 Å². The third-order valence-corrected chi connectivity index (χ3v) is 3.36. The molecular formula is C15H16F2S2. The lowest BCUT2D eigenvalue weighted by molar-refractivity contribution is 0.252. The number of hydrogen-bond acceptors (Lipinski definition) is 2. The SMILES string of the molecule is FC(F)SCc1ccccc1.SCc1ccccc1. The van der Waals surface area contributed by atoms with E-state index in [1.807, 2.05) is 48.5 Å². The summed E-state index contributed by atoms with van der Waals surface area (Å²) < 4.78 is 23.4. The molecule has 19 heavy (non-hydrogen) atoms. The second-order valence-electron chi connectivity index (χ2n) is 3.70. The Morgan fingerprint density at radius 2 is 1.32 bits per heavy atom. The third-order valence-electron chi connectivity index (χ3n) is 2.24. The summed E-state index contributed by atoms with van der Waals surface area (Å²) in [5.74, 6) is -1.05. The van der Waals surface area contributed by atoms with Gasteiger partial charge in [-0.15, -0.1) is 0 Å². The van der Waals surface area contributed by atoms with E-state index in [0.29, 0.717) is 17.5 Å². The van der Waals surface area contributed by atoms with Crippen LogP contribution in [0.15, 0.2) is 60.7 Å². The van der Waals surface area contributed by atoms with Gasteiger partial charge in [-0.1, -0.05) is 72.4 Å². The summed E-state index contributed by atoms with van der Waals surface area (Å²) in [6.07, 6.45) is 0. The molecule has 0 saturated carbocycles. The molecule has 0 bridgehead atoms. The van der Waals surface area contributed by atoms with Crippen molar-refractivity contribution in [1.82, 2.24) is 0 Å². The Bertz CT molecular complexity index is 432. The Morgan fingerprint density at radius 3 is 1.68 bits per heavy atom. The fourth-order valence-corrected chi connectivity index (χ4v) is 2.04. The van der Waals surface area contributed by atoms with Crippen molar-refractivity contribution in [1.29, 1.82) is 0 Å². The van der Waals surface area contributed by atoms with Gasteiger partial charge >= 0.3 is 0 Å². The van der Waals surface area contributed by atoms with E-state index in [0.717, 1.165) is 11.3 Å². The van der Waals surface area contributed by atoms with Crippen molar-refractivity contribution in [3.63, 3.8) is 0 Å². The van der Waals surface area contributed by atoms with Crippen LogP contribution >= 0.6 is 24.4 Å². The summed E-state index contributed by atoms with van der Waals surface area (Å²) in [7, 11) is 0. The molecule has 2 rings (SSSR count). The van der Waals surface area contributed by atoms with Gasteiger partial charge in [0.15, 0.2) is 0 Å². The Balaban J connectivity index is 0.000000200. The highest BCUT2D eigenvalue weighted by Crippen LogP contribution is 2.18. The molecule has 0 radical (unpaired) electrons. The number of alkyl halides is 2. The van der Waals surface area contributed by atoms with Crippen LogP contribution in [0.2, 0.25) is 0 Å². The molecule has 0 aliphatic rings. The highest BCUT2D eigenvalue weighted by atomic mass is 32.2. The number of hydrogen-bond donors (Lipinski definition) is 1. The number of halogens is 2. The molecule has 0 aromatic heterocycles. The smallest absolute Gasteiger partial charge is 0.198 e. The minimum atomic E-state index is -2.27. The van der Waals surface area contributed by atoms with Gasteiger partial charge in [0, 0.05) is 11.5 Å². The summed E-state index contributed by atoms with van der Waals surface area (Å²) in [6, 6.07) is 19.4. The molecule has 0 saturated heterocycles. The molecule has 0 amide bonds. The zero-order valence-corrected chi connectivity index (χ0v) is 12.1. The first-order chi connectivity index (χ1) is 9.22. The minimum Gasteiger partial charge on any atom is -0.198 e. The van der Waals surface area contributed by atoms with Crippen LogP contribution in [0.1, 0.15) is 11.1 Å². The first kappa shape index (κ1) is 16.1. The monoisotopic (exact) mass is 298 g/mol. The molecule has 0 atom stereocenters. The minimum absolute atomic E-state index is 0.387. The summed E-state index contributed by atoms with van der Waals surface area (Å²) in [5.41, 5.74) is 2.22. The fourth-order valence-electron chi connectivity index (χ4n) is 1.32. The van der Waals surface area contributed by atoms with Crippen LogP contribution in [0.4, 0.5) is 8.78 Å². The van der Waals surface area contributed by atoms with Crippen molar-refractivity contribution >= 4 is 24.4 Å². The molecule has 2 aromatic carbocycles. The highest BCUT2D eigenvalue weighted by Gasteiger charge is 2.01. The normalized spacial score (nSPS) is 9.89. The zero-order chi connectivity index (χ0) is 13.9. The molecule has 0 spiro atoms. The van der Waals surface area contributed by atoms with E-state index in [-0.39, 0.29) is 0 Å². The van der Waals surface area contributed by atoms with E-state index < -0.39 is 5.76 Å². The second kappa shape index (κ2) is 9.87. The molecule has 0 fully saturated rings. The van der Waals surface area contributed by atoms with Crippen LogP contribution in [0.5, 0.6) is 0 Å². The standard InChI is InChI=1S/C8H8F2S.C7H8S/c9-8(10)11-6-7-4-2-1-3-5-7;8-6-7-4-2-1-3-5-7/h1-5,8H,6H2;1-5,8H,6H2. The second-order valence-corrected chi connectivity index (χ2v) is 5.00. The molecule has 4 heteroatoms. The molecule has 0 aliphatic heterocycles. The Morgan fingerprint density at radius 1 is 0.842 bits per heavy atom. The Kier molecular flexibility index (Phi) is 8.34. The van der Waals surface area contributed by atoms with E-state index in [1.165, 1.54) is 5.56 Å². The predicted octanol–water partition coefficient (Wildman–Crippen LogP) is 5.26. The van der Waals surface area contributed by atoms with Crippen LogP contribution in [0, 0.1) is 0 Å². The van der Waals surface area contributed by atoms with Crippen LogP contribution in [-0.2, 0) is 11.5 Å². The van der Waals surface area contributed by atoms with Gasteiger partial charge in [-0.05, 0) is 11.1 Å². The number of benzene rings is 2. The highest BCUT2D eigenvalue weighted by molar-refractivity contribution is 7.98. The van der Waals surface area contributed by atoms with Gasteiger partial charge in [0.05, 0.1) is 0 Å². The molecule has 0 N–H and O–H groups in total. The Labute approximate surface area is 122 Å². The number of rotatable bonds is 4. The maximum atomic E-state index is 11.7. The first-order valence-electron chi connectivity index (χ1n) is 5.81. The van der Waals surface area contributed by atoms with Crippen LogP contribution in [-0.4, -0.2) is 5.76 Å². The third kappa shape index (κ3) is 7.90. The van der Waals surface area contributed by atoms with Gasteiger partial charge in [-0.25, -0.2) is 0 Å². The van der Waals surface area contributed by atoms with Crippen molar-refractivity contribution in [2.75, 3.05) is 0 Å². The largest absolute Gasteiger partial charge is 0.284 e. The van der Waals surface area contributed by atoms with Gasteiger partial charge in [0.25, 0.3) is 5.76 Å². The molecule has 0 heterocycles. The fraction of sp³-hybridized carbons (Fsp3) is 0.200. The zero-order valence-electron chi connectivity index (χ0n) is 10.4. The lowest BCUT2D eigenvalue weighted by atomic mass is 10.2. The van der Waals surface area contributed by atoms with E-state index in [4.69, 9.17) is 0 Å². The van der Waals surface area contributed by atoms with E-state index in [9.17, 15) is 8.78 Å². The summed E-state index contributed by atoms with van der Waals surface area (Å²) >= 11 is 4.76. The topological polar surface area (TPSA) is 0 Å². The lowest BCUT2D eigenvalue weighted by Gasteiger charge is -1.98. The summed E-state index contributed by atoms with van der Waals surface area (Å²) in [6.45, 7) is 0. The summed E-state index contributed by atoms with van der Waals surface area (Å²) in [4.78, 5) is 0. The molecule has 0 aliphatic carbocycles. The van der Waals surface area contributed by atoms with E-state index in [1.54, 1.807) is 0 Å². The van der Waals surface area contributed by atoms with Gasteiger partial charge < -0.3 is 0 Å². The van der Waals surface area contributed by atoms with Gasteiger partial charge in [0.2, 0.25) is 0 Å². The predicted molar refractivity (Wildman–Crippen MR) is 82.9 cm³/mol. The maximum Gasteiger partial charge on any atom is 0.284 e. The summed E-state index contributed by atoms with van der Waals surface area (Å²) in [5, 5.41) is 0. The van der Waals surface area contributed by atoms with E-state index >= 15 is 0 Å². The van der Waals surface area contributed by atoms with Gasteiger partial charge in [-0.3, -0.25) is 0 Å². The maximum absolute atomic E-state index is 11.7. The van der Waals surface area contributed by atoms with Crippen molar-refractivity contribution in [2.45, 2.75) is 17.3 Å².